The molecular formula is C26H29N3O4. The predicted molar refractivity (Wildman–Crippen MR) is 129 cm³/mol. The molecule has 0 aliphatic carbocycles. The van der Waals surface area contributed by atoms with E-state index in [1.54, 1.807) is 34.7 Å². The monoisotopic (exact) mass is 447 g/mol. The van der Waals surface area contributed by atoms with Gasteiger partial charge in [0.1, 0.15) is 0 Å². The van der Waals surface area contributed by atoms with E-state index in [2.05, 4.69) is 5.32 Å². The molecule has 2 heterocycles. The third kappa shape index (κ3) is 5.08. The van der Waals surface area contributed by atoms with Crippen molar-refractivity contribution in [3.63, 3.8) is 0 Å². The molecule has 7 nitrogen and oxygen atoms in total. The molecule has 2 amide bonds. The van der Waals surface area contributed by atoms with Crippen molar-refractivity contribution in [3.05, 3.63) is 76.2 Å². The Morgan fingerprint density at radius 2 is 1.76 bits per heavy atom. The molecule has 172 valence electrons. The highest BCUT2D eigenvalue weighted by Crippen LogP contribution is 2.25. The zero-order valence-corrected chi connectivity index (χ0v) is 19.0. The number of aromatic nitrogens is 1. The van der Waals surface area contributed by atoms with Crippen LogP contribution in [0.5, 0.6) is 0 Å². The SMILES string of the molecule is CCOC(=O)N1CCC(n2ccc3c(NC(=O)Cc4ccc(C)cc4)cccc3c2=O)CC1. The summed E-state index contributed by atoms with van der Waals surface area (Å²) in [6.45, 7) is 5.27. The smallest absolute Gasteiger partial charge is 0.409 e. The van der Waals surface area contributed by atoms with Gasteiger partial charge in [-0.25, -0.2) is 4.79 Å². The highest BCUT2D eigenvalue weighted by molar-refractivity contribution is 6.02. The molecule has 0 unspecified atom stereocenters. The molecule has 0 atom stereocenters. The van der Waals surface area contributed by atoms with Crippen LogP contribution in [0, 0.1) is 6.92 Å². The molecule has 0 saturated carbocycles. The van der Waals surface area contributed by atoms with Gasteiger partial charge in [-0.1, -0.05) is 35.9 Å². The van der Waals surface area contributed by atoms with Crippen molar-refractivity contribution in [2.75, 3.05) is 25.0 Å². The number of anilines is 1. The van der Waals surface area contributed by atoms with Crippen LogP contribution >= 0.6 is 0 Å². The summed E-state index contributed by atoms with van der Waals surface area (Å²) >= 11 is 0. The largest absolute Gasteiger partial charge is 0.450 e. The van der Waals surface area contributed by atoms with Crippen molar-refractivity contribution in [2.45, 2.75) is 39.2 Å². The summed E-state index contributed by atoms with van der Waals surface area (Å²) < 4.78 is 6.83. The Morgan fingerprint density at radius 3 is 2.45 bits per heavy atom. The van der Waals surface area contributed by atoms with Gasteiger partial charge in [-0.3, -0.25) is 9.59 Å². The molecule has 2 aromatic carbocycles. The van der Waals surface area contributed by atoms with Gasteiger partial charge in [-0.2, -0.15) is 0 Å². The number of benzene rings is 2. The number of amides is 2. The van der Waals surface area contributed by atoms with E-state index < -0.39 is 0 Å². The number of hydrogen-bond donors (Lipinski definition) is 1. The maximum absolute atomic E-state index is 13.3. The first-order valence-electron chi connectivity index (χ1n) is 11.4. The highest BCUT2D eigenvalue weighted by Gasteiger charge is 2.25. The van der Waals surface area contributed by atoms with E-state index in [0.29, 0.717) is 43.6 Å². The van der Waals surface area contributed by atoms with Gasteiger partial charge >= 0.3 is 6.09 Å². The third-order valence-corrected chi connectivity index (χ3v) is 6.12. The molecule has 33 heavy (non-hydrogen) atoms. The van der Waals surface area contributed by atoms with Crippen LogP contribution in [-0.2, 0) is 16.0 Å². The summed E-state index contributed by atoms with van der Waals surface area (Å²) in [5.41, 5.74) is 2.63. The lowest BCUT2D eigenvalue weighted by Gasteiger charge is -2.32. The Morgan fingerprint density at radius 1 is 1.03 bits per heavy atom. The van der Waals surface area contributed by atoms with E-state index in [-0.39, 0.29) is 30.0 Å². The first kappa shape index (κ1) is 22.6. The number of likely N-dealkylation sites (tertiary alicyclic amines) is 1. The fourth-order valence-corrected chi connectivity index (χ4v) is 4.32. The van der Waals surface area contributed by atoms with Crippen molar-refractivity contribution in [1.29, 1.82) is 0 Å². The Balaban J connectivity index is 1.50. The van der Waals surface area contributed by atoms with Crippen molar-refractivity contribution in [2.24, 2.45) is 0 Å². The van der Waals surface area contributed by atoms with Gasteiger partial charge in [0, 0.05) is 41.8 Å². The number of piperidine rings is 1. The molecule has 7 heteroatoms. The lowest BCUT2D eigenvalue weighted by Crippen LogP contribution is -2.41. The number of fused-ring (bicyclic) bond motifs is 1. The van der Waals surface area contributed by atoms with Gasteiger partial charge in [-0.15, -0.1) is 0 Å². The minimum atomic E-state index is -0.298. The molecule has 0 spiro atoms. The number of carbonyl (C=O) groups excluding carboxylic acids is 2. The Bertz CT molecular complexity index is 1210. The summed E-state index contributed by atoms with van der Waals surface area (Å²) in [6, 6.07) is 15.2. The highest BCUT2D eigenvalue weighted by atomic mass is 16.6. The molecule has 1 fully saturated rings. The van der Waals surface area contributed by atoms with E-state index in [9.17, 15) is 14.4 Å². The van der Waals surface area contributed by atoms with Gasteiger partial charge < -0.3 is 19.5 Å². The number of carbonyl (C=O) groups is 2. The molecule has 1 saturated heterocycles. The van der Waals surface area contributed by atoms with Gasteiger partial charge in [0.15, 0.2) is 0 Å². The molecule has 3 aromatic rings. The van der Waals surface area contributed by atoms with Crippen LogP contribution in [0.3, 0.4) is 0 Å². The maximum Gasteiger partial charge on any atom is 0.409 e. The van der Waals surface area contributed by atoms with Gasteiger partial charge in [0.2, 0.25) is 5.91 Å². The zero-order valence-electron chi connectivity index (χ0n) is 19.0. The fourth-order valence-electron chi connectivity index (χ4n) is 4.32. The number of rotatable bonds is 5. The molecule has 1 N–H and O–H groups in total. The van der Waals surface area contributed by atoms with Crippen LogP contribution in [0.25, 0.3) is 10.8 Å². The quantitative estimate of drug-likeness (QED) is 0.633. The lowest BCUT2D eigenvalue weighted by atomic mass is 10.0. The topological polar surface area (TPSA) is 80.6 Å². The summed E-state index contributed by atoms with van der Waals surface area (Å²) in [7, 11) is 0. The minimum Gasteiger partial charge on any atom is -0.450 e. The second-order valence-electron chi connectivity index (χ2n) is 8.42. The van der Waals surface area contributed by atoms with Crippen LogP contribution in [0.4, 0.5) is 10.5 Å². The number of aryl methyl sites for hydroxylation is 1. The summed E-state index contributed by atoms with van der Waals surface area (Å²) in [4.78, 5) is 39.5. The average Bonchev–Trinajstić information content (AvgIpc) is 2.81. The number of nitrogens with one attached hydrogen (secondary N) is 1. The Labute approximate surface area is 193 Å². The Kier molecular flexibility index (Phi) is 6.77. The molecule has 1 aliphatic heterocycles. The first-order valence-corrected chi connectivity index (χ1v) is 11.4. The van der Waals surface area contributed by atoms with E-state index in [1.165, 1.54) is 0 Å². The van der Waals surface area contributed by atoms with E-state index in [0.717, 1.165) is 16.5 Å². The minimum absolute atomic E-state index is 0.0207. The van der Waals surface area contributed by atoms with E-state index in [4.69, 9.17) is 4.74 Å². The van der Waals surface area contributed by atoms with Crippen LogP contribution < -0.4 is 10.9 Å². The van der Waals surface area contributed by atoms with Crippen molar-refractivity contribution in [3.8, 4) is 0 Å². The normalized spacial score (nSPS) is 14.3. The van der Waals surface area contributed by atoms with E-state index in [1.807, 2.05) is 43.3 Å². The van der Waals surface area contributed by atoms with Crippen LogP contribution in [0.2, 0.25) is 0 Å². The van der Waals surface area contributed by atoms with Crippen LogP contribution in [0.15, 0.2) is 59.5 Å². The van der Waals surface area contributed by atoms with Crippen molar-refractivity contribution < 1.29 is 14.3 Å². The number of hydrogen-bond acceptors (Lipinski definition) is 4. The summed E-state index contributed by atoms with van der Waals surface area (Å²) in [5, 5.41) is 4.25. The lowest BCUT2D eigenvalue weighted by molar-refractivity contribution is -0.115. The van der Waals surface area contributed by atoms with Crippen LogP contribution in [0.1, 0.15) is 36.9 Å². The number of ether oxygens (including phenoxy) is 1. The maximum atomic E-state index is 13.3. The van der Waals surface area contributed by atoms with Gasteiger partial charge in [0.05, 0.1) is 13.0 Å². The average molecular weight is 448 g/mol. The zero-order chi connectivity index (χ0) is 23.4. The molecule has 4 rings (SSSR count). The first-order chi connectivity index (χ1) is 16.0. The number of pyridine rings is 1. The standard InChI is InChI=1S/C26H29N3O4/c1-3-33-26(32)28-14-11-20(12-15-28)29-16-13-21-22(25(29)31)5-4-6-23(21)27-24(30)17-19-9-7-18(2)8-10-19/h4-10,13,16,20H,3,11-12,14-15,17H2,1-2H3,(H,27,30). The molecule has 1 aromatic heterocycles. The molecule has 0 radical (unpaired) electrons. The second-order valence-corrected chi connectivity index (χ2v) is 8.42. The van der Waals surface area contributed by atoms with Gasteiger partial charge in [0.25, 0.3) is 5.56 Å². The van der Waals surface area contributed by atoms with Crippen molar-refractivity contribution >= 4 is 28.5 Å². The summed E-state index contributed by atoms with van der Waals surface area (Å²) in [5.74, 6) is -0.123. The predicted octanol–water partition coefficient (Wildman–Crippen LogP) is 4.28. The van der Waals surface area contributed by atoms with Gasteiger partial charge in [-0.05, 0) is 50.5 Å². The molecule has 1 aliphatic rings. The Hall–Kier alpha value is -3.61. The number of nitrogens with zero attached hydrogens (tertiary/aromatic N) is 2. The summed E-state index contributed by atoms with van der Waals surface area (Å²) in [6.07, 6.45) is 3.15. The molecule has 0 bridgehead atoms. The van der Waals surface area contributed by atoms with E-state index >= 15 is 0 Å². The van der Waals surface area contributed by atoms with Crippen molar-refractivity contribution in [1.82, 2.24) is 9.47 Å². The molecular weight excluding hydrogens is 418 g/mol. The van der Waals surface area contributed by atoms with Crippen LogP contribution in [-0.4, -0.2) is 41.2 Å². The third-order valence-electron chi connectivity index (χ3n) is 6.12. The second kappa shape index (κ2) is 9.90. The fraction of sp³-hybridized carbons (Fsp3) is 0.346.